The lowest BCUT2D eigenvalue weighted by molar-refractivity contribution is -0.633. The summed E-state index contributed by atoms with van der Waals surface area (Å²) in [6.45, 7) is 9.62. The Morgan fingerprint density at radius 2 is 1.82 bits per heavy atom. The summed E-state index contributed by atoms with van der Waals surface area (Å²) in [6.07, 6.45) is 0. The van der Waals surface area contributed by atoms with Crippen molar-refractivity contribution in [3.63, 3.8) is 0 Å². The molecule has 0 saturated heterocycles. The highest BCUT2D eigenvalue weighted by molar-refractivity contribution is 6.90. The van der Waals surface area contributed by atoms with Gasteiger partial charge in [-0.1, -0.05) is 39.6 Å². The molecule has 0 N–H and O–H groups in total. The molecule has 0 atom stereocenters. The smallest absolute Gasteiger partial charge is 0.216 e. The first-order valence-corrected chi connectivity index (χ1v) is 15.0. The van der Waals surface area contributed by atoms with Crippen LogP contribution in [0.3, 0.4) is 0 Å². The van der Waals surface area contributed by atoms with Crippen molar-refractivity contribution < 1.29 is 20.2 Å². The number of fused-ring (bicyclic) bond motifs is 4. The predicted molar refractivity (Wildman–Crippen MR) is 144 cm³/mol. The molecule has 174 valence electrons. The SMILES string of the molecule is [2H]c1c([Si](C)(C)C)c2cc(C([2H])(C)C)ccc2[n+](C)c1-c1c(C)c(C([2H])([2H])[2H])cc2c1oc1cc(F)ccc12. The Bertz CT molecular complexity index is 1810. The van der Waals surface area contributed by atoms with Gasteiger partial charge in [0.25, 0.3) is 0 Å². The number of hydrogen-bond acceptors (Lipinski definition) is 1. The minimum Gasteiger partial charge on any atom is -0.455 e. The van der Waals surface area contributed by atoms with Gasteiger partial charge in [0.2, 0.25) is 11.2 Å². The molecule has 0 radical (unpaired) electrons. The van der Waals surface area contributed by atoms with E-state index in [2.05, 4.69) is 19.6 Å². The number of furan rings is 1. The lowest BCUT2D eigenvalue weighted by atomic mass is 9.95. The number of nitrogens with zero attached hydrogens (tertiary/aromatic N) is 1. The van der Waals surface area contributed by atoms with Crippen molar-refractivity contribution in [2.45, 2.75) is 53.2 Å². The Labute approximate surface area is 209 Å². The third kappa shape index (κ3) is 3.47. The second-order valence-electron chi connectivity index (χ2n) is 10.4. The van der Waals surface area contributed by atoms with Crippen LogP contribution in [0.4, 0.5) is 4.39 Å². The lowest BCUT2D eigenvalue weighted by Crippen LogP contribution is -2.43. The highest BCUT2D eigenvalue weighted by Gasteiger charge is 2.29. The van der Waals surface area contributed by atoms with E-state index in [1.165, 1.54) is 12.1 Å². The van der Waals surface area contributed by atoms with E-state index in [1.54, 1.807) is 19.1 Å². The van der Waals surface area contributed by atoms with Gasteiger partial charge in [-0.3, -0.25) is 0 Å². The normalized spacial score (nSPS) is 15.4. The molecule has 34 heavy (non-hydrogen) atoms. The molecule has 4 heteroatoms. The largest absolute Gasteiger partial charge is 0.455 e. The minimum absolute atomic E-state index is 0.178. The fourth-order valence-corrected chi connectivity index (χ4v) is 6.32. The van der Waals surface area contributed by atoms with Gasteiger partial charge in [-0.2, -0.15) is 4.57 Å². The Morgan fingerprint density at radius 3 is 2.50 bits per heavy atom. The van der Waals surface area contributed by atoms with Crippen LogP contribution in [0.2, 0.25) is 19.6 Å². The van der Waals surface area contributed by atoms with Crippen LogP contribution >= 0.6 is 0 Å². The van der Waals surface area contributed by atoms with E-state index in [9.17, 15) is 5.76 Å². The molecule has 0 amide bonds. The molecular formula is C30H33FNOSi+. The first kappa shape index (κ1) is 17.5. The topological polar surface area (TPSA) is 17.0 Å². The number of aromatic nitrogens is 1. The Kier molecular flexibility index (Phi) is 3.99. The summed E-state index contributed by atoms with van der Waals surface area (Å²) < 4.78 is 65.3. The van der Waals surface area contributed by atoms with Crippen molar-refractivity contribution in [1.29, 1.82) is 0 Å². The van der Waals surface area contributed by atoms with Gasteiger partial charge < -0.3 is 4.42 Å². The van der Waals surface area contributed by atoms with E-state index in [4.69, 9.17) is 9.90 Å². The standard InChI is InChI=1S/C30H33FNOSi/c1-17(2)20-9-12-25-24(14-20)28(34(6,7)8)16-26(32(25)5)29-19(4)18(3)13-23-22-11-10-21(31)15-27(22)33-30(23)29/h9-17H,1-8H3/q+1/i3D3,16D,17D. The molecular weight excluding hydrogens is 437 g/mol. The molecule has 0 saturated carbocycles. The first-order valence-electron chi connectivity index (χ1n) is 14.0. The van der Waals surface area contributed by atoms with Gasteiger partial charge in [0, 0.05) is 39.8 Å². The molecule has 2 heterocycles. The average Bonchev–Trinajstić information content (AvgIpc) is 3.14. The molecule has 3 aromatic carbocycles. The summed E-state index contributed by atoms with van der Waals surface area (Å²) in [5.74, 6) is -1.24. The third-order valence-corrected chi connectivity index (χ3v) is 8.65. The maximum atomic E-state index is 14.1. The third-order valence-electron chi connectivity index (χ3n) is 6.76. The van der Waals surface area contributed by atoms with Gasteiger partial charge in [0.1, 0.15) is 24.0 Å². The second-order valence-corrected chi connectivity index (χ2v) is 15.4. The van der Waals surface area contributed by atoms with Gasteiger partial charge in [0.05, 0.1) is 15.0 Å². The van der Waals surface area contributed by atoms with Crippen LogP contribution in [-0.2, 0) is 7.05 Å². The number of halogens is 1. The van der Waals surface area contributed by atoms with E-state index >= 15 is 0 Å². The summed E-state index contributed by atoms with van der Waals surface area (Å²) in [7, 11) is -0.260. The summed E-state index contributed by atoms with van der Waals surface area (Å²) in [4.78, 5) is 0. The van der Waals surface area contributed by atoms with E-state index in [-0.39, 0.29) is 5.56 Å². The van der Waals surface area contributed by atoms with Crippen molar-refractivity contribution in [2.24, 2.45) is 7.05 Å². The van der Waals surface area contributed by atoms with Gasteiger partial charge in [-0.25, -0.2) is 4.39 Å². The van der Waals surface area contributed by atoms with Crippen LogP contribution in [0.1, 0.15) is 43.3 Å². The molecule has 0 fully saturated rings. The van der Waals surface area contributed by atoms with Gasteiger partial charge >= 0.3 is 0 Å². The maximum absolute atomic E-state index is 14.1. The molecule has 2 nitrogen and oxygen atoms in total. The lowest BCUT2D eigenvalue weighted by Gasteiger charge is -2.21. The van der Waals surface area contributed by atoms with E-state index < -0.39 is 26.6 Å². The molecule has 0 aliphatic heterocycles. The highest BCUT2D eigenvalue weighted by atomic mass is 28.3. The molecule has 5 rings (SSSR count). The molecule has 0 unspecified atom stereocenters. The first-order chi connectivity index (χ1) is 17.9. The molecule has 0 spiro atoms. The van der Waals surface area contributed by atoms with Gasteiger partial charge in [-0.15, -0.1) is 0 Å². The molecule has 0 aliphatic carbocycles. The monoisotopic (exact) mass is 475 g/mol. The van der Waals surface area contributed by atoms with Crippen LogP contribution in [0.25, 0.3) is 44.1 Å². The molecule has 2 aromatic heterocycles. The van der Waals surface area contributed by atoms with Crippen molar-refractivity contribution in [3.8, 4) is 11.3 Å². The van der Waals surface area contributed by atoms with Gasteiger partial charge in [0.15, 0.2) is 0 Å². The van der Waals surface area contributed by atoms with Crippen LogP contribution in [-0.4, -0.2) is 8.07 Å². The fourth-order valence-electron chi connectivity index (χ4n) is 4.81. The van der Waals surface area contributed by atoms with Crippen LogP contribution in [0.5, 0.6) is 0 Å². The van der Waals surface area contributed by atoms with Crippen LogP contribution in [0.15, 0.2) is 52.9 Å². The number of benzene rings is 3. The Hall–Kier alpha value is -2.98. The fraction of sp³-hybridized carbons (Fsp3) is 0.300. The zero-order chi connectivity index (χ0) is 28.8. The molecule has 0 bridgehead atoms. The van der Waals surface area contributed by atoms with E-state index in [0.717, 1.165) is 21.7 Å². The zero-order valence-corrected chi connectivity index (χ0v) is 21.8. The molecule has 5 aromatic rings. The summed E-state index contributed by atoms with van der Waals surface area (Å²) in [5, 5.41) is 3.08. The minimum atomic E-state index is -2.40. The number of rotatable bonds is 3. The van der Waals surface area contributed by atoms with E-state index in [0.29, 0.717) is 44.8 Å². The van der Waals surface area contributed by atoms with E-state index in [1.807, 2.05) is 43.7 Å². The maximum Gasteiger partial charge on any atom is 0.216 e. The van der Waals surface area contributed by atoms with Crippen LogP contribution in [0, 0.1) is 19.6 Å². The van der Waals surface area contributed by atoms with Gasteiger partial charge in [-0.05, 0) is 65.8 Å². The van der Waals surface area contributed by atoms with Crippen molar-refractivity contribution in [1.82, 2.24) is 0 Å². The zero-order valence-electron chi connectivity index (χ0n) is 25.8. The summed E-state index contributed by atoms with van der Waals surface area (Å²) >= 11 is 0. The Morgan fingerprint density at radius 1 is 1.06 bits per heavy atom. The second kappa shape index (κ2) is 7.77. The number of hydrogen-bond donors (Lipinski definition) is 0. The summed E-state index contributed by atoms with van der Waals surface area (Å²) in [6, 6.07) is 12.2. The summed E-state index contributed by atoms with van der Waals surface area (Å²) in [5.41, 5.74) is 4.31. The number of pyridine rings is 1. The molecule has 0 aliphatic rings. The Balaban J connectivity index is 2.03. The average molecular weight is 476 g/mol. The van der Waals surface area contributed by atoms with Crippen molar-refractivity contribution >= 4 is 46.1 Å². The highest BCUT2D eigenvalue weighted by Crippen LogP contribution is 2.39. The quantitative estimate of drug-likeness (QED) is 0.193. The number of aryl methyl sites for hydroxylation is 2. The van der Waals surface area contributed by atoms with Crippen LogP contribution < -0.4 is 9.75 Å². The van der Waals surface area contributed by atoms with Crippen molar-refractivity contribution in [2.75, 3.05) is 0 Å². The predicted octanol–water partition coefficient (Wildman–Crippen LogP) is 7.66. The van der Waals surface area contributed by atoms with Crippen molar-refractivity contribution in [3.05, 3.63) is 71.0 Å².